The molecule has 3 heterocycles. The van der Waals surface area contributed by atoms with Crippen LogP contribution in [0.3, 0.4) is 0 Å². The van der Waals surface area contributed by atoms with E-state index in [1.54, 1.807) is 17.3 Å². The van der Waals surface area contributed by atoms with Crippen LogP contribution in [0, 0.1) is 19.8 Å². The molecule has 30 heavy (non-hydrogen) atoms. The number of nitrogens with zero attached hydrogens (tertiary/aromatic N) is 4. The van der Waals surface area contributed by atoms with Gasteiger partial charge >= 0.3 is 6.01 Å². The van der Waals surface area contributed by atoms with E-state index < -0.39 is 0 Å². The molecule has 1 aromatic carbocycles. The Morgan fingerprint density at radius 3 is 2.67 bits per heavy atom. The van der Waals surface area contributed by atoms with Crippen molar-refractivity contribution in [2.75, 3.05) is 24.5 Å². The number of aromatic nitrogens is 2. The lowest BCUT2D eigenvalue weighted by Crippen LogP contribution is -2.47. The van der Waals surface area contributed by atoms with Gasteiger partial charge < -0.3 is 14.5 Å². The summed E-state index contributed by atoms with van der Waals surface area (Å²) < 4.78 is 6.66. The Labute approximate surface area is 184 Å². The normalized spacial score (nSPS) is 21.8. The number of ether oxygens (including phenoxy) is 1. The van der Waals surface area contributed by atoms with E-state index in [1.807, 2.05) is 36.9 Å². The highest BCUT2D eigenvalue weighted by Crippen LogP contribution is 2.29. The summed E-state index contributed by atoms with van der Waals surface area (Å²) in [7, 11) is 0. The highest BCUT2D eigenvalue weighted by molar-refractivity contribution is 9.10. The first kappa shape index (κ1) is 20.8. The minimum Gasteiger partial charge on any atom is -0.458 e. The maximum absolute atomic E-state index is 13.1. The van der Waals surface area contributed by atoms with Crippen molar-refractivity contribution in [1.82, 2.24) is 14.9 Å². The average Bonchev–Trinajstić information content (AvgIpc) is 3.13. The molecule has 2 saturated heterocycles. The average molecular weight is 473 g/mol. The maximum atomic E-state index is 13.1. The minimum atomic E-state index is -0.318. The van der Waals surface area contributed by atoms with Crippen LogP contribution in [0.15, 0.2) is 35.1 Å². The number of likely N-dealkylation sites (tertiary alicyclic amines) is 1. The number of anilines is 1. The van der Waals surface area contributed by atoms with E-state index in [2.05, 4.69) is 25.9 Å². The SMILES string of the molecule is Cc1ccc(N2CC(C(=O)N3CCCC(Oc4ncc(Br)cn4)C3)CC2=O)cc1C. The second-order valence-electron chi connectivity index (χ2n) is 8.02. The van der Waals surface area contributed by atoms with Crippen LogP contribution in [-0.2, 0) is 9.59 Å². The zero-order chi connectivity index (χ0) is 21.3. The first-order valence-corrected chi connectivity index (χ1v) is 11.0. The van der Waals surface area contributed by atoms with Crippen molar-refractivity contribution in [3.8, 4) is 6.01 Å². The summed E-state index contributed by atoms with van der Waals surface area (Å²) in [5, 5.41) is 0. The zero-order valence-electron chi connectivity index (χ0n) is 17.2. The number of aryl methyl sites for hydroxylation is 2. The van der Waals surface area contributed by atoms with Crippen LogP contribution in [0.4, 0.5) is 5.69 Å². The third kappa shape index (κ3) is 4.48. The summed E-state index contributed by atoms with van der Waals surface area (Å²) in [6, 6.07) is 6.30. The van der Waals surface area contributed by atoms with Crippen LogP contribution < -0.4 is 9.64 Å². The third-order valence-electron chi connectivity index (χ3n) is 5.83. The number of halogens is 1. The maximum Gasteiger partial charge on any atom is 0.316 e. The summed E-state index contributed by atoms with van der Waals surface area (Å²) in [6.45, 7) is 5.69. The molecule has 158 valence electrons. The van der Waals surface area contributed by atoms with Gasteiger partial charge in [0.15, 0.2) is 0 Å². The number of carbonyl (C=O) groups excluding carboxylic acids is 2. The van der Waals surface area contributed by atoms with Crippen molar-refractivity contribution in [2.45, 2.75) is 39.2 Å². The Morgan fingerprint density at radius 2 is 1.93 bits per heavy atom. The molecule has 2 aliphatic heterocycles. The molecular weight excluding hydrogens is 448 g/mol. The Hall–Kier alpha value is -2.48. The van der Waals surface area contributed by atoms with Gasteiger partial charge in [-0.2, -0.15) is 0 Å². The van der Waals surface area contributed by atoms with Crippen LogP contribution >= 0.6 is 15.9 Å². The van der Waals surface area contributed by atoms with E-state index in [9.17, 15) is 9.59 Å². The van der Waals surface area contributed by atoms with Crippen molar-refractivity contribution < 1.29 is 14.3 Å². The van der Waals surface area contributed by atoms with Gasteiger partial charge in [0.05, 0.1) is 16.9 Å². The molecule has 2 amide bonds. The first-order chi connectivity index (χ1) is 14.4. The number of piperidine rings is 1. The minimum absolute atomic E-state index is 0.00433. The van der Waals surface area contributed by atoms with Crippen LogP contribution in [0.5, 0.6) is 6.01 Å². The van der Waals surface area contributed by atoms with Crippen molar-refractivity contribution in [3.63, 3.8) is 0 Å². The summed E-state index contributed by atoms with van der Waals surface area (Å²) >= 11 is 3.31. The second kappa shape index (κ2) is 8.71. The standard InChI is InChI=1S/C22H25BrN4O3/c1-14-5-6-18(8-15(14)2)27-12-16(9-20(27)28)21(29)26-7-3-4-19(13-26)30-22-24-10-17(23)11-25-22/h5-6,8,10-11,16,19H,3-4,7,9,12-13H2,1-2H3. The zero-order valence-corrected chi connectivity index (χ0v) is 18.8. The molecule has 0 spiro atoms. The van der Waals surface area contributed by atoms with Gasteiger partial charge in [-0.25, -0.2) is 9.97 Å². The molecule has 8 heteroatoms. The van der Waals surface area contributed by atoms with E-state index in [4.69, 9.17) is 4.74 Å². The van der Waals surface area contributed by atoms with Crippen molar-refractivity contribution in [3.05, 3.63) is 46.2 Å². The molecule has 2 unspecified atom stereocenters. The summed E-state index contributed by atoms with van der Waals surface area (Å²) in [5.74, 6) is -0.286. The number of rotatable bonds is 4. The van der Waals surface area contributed by atoms with Gasteiger partial charge in [-0.15, -0.1) is 0 Å². The smallest absolute Gasteiger partial charge is 0.316 e. The van der Waals surface area contributed by atoms with Crippen LogP contribution in [0.25, 0.3) is 0 Å². The fourth-order valence-corrected chi connectivity index (χ4v) is 4.22. The number of benzene rings is 1. The highest BCUT2D eigenvalue weighted by atomic mass is 79.9. The van der Waals surface area contributed by atoms with Gasteiger partial charge in [0.2, 0.25) is 11.8 Å². The lowest BCUT2D eigenvalue weighted by atomic mass is 10.0. The number of hydrogen-bond acceptors (Lipinski definition) is 5. The third-order valence-corrected chi connectivity index (χ3v) is 6.24. The summed E-state index contributed by atoms with van der Waals surface area (Å²) in [6.07, 6.45) is 5.09. The molecule has 0 aliphatic carbocycles. The molecule has 2 aliphatic rings. The molecule has 1 aromatic heterocycles. The number of carbonyl (C=O) groups is 2. The monoisotopic (exact) mass is 472 g/mol. The van der Waals surface area contributed by atoms with Gasteiger partial charge in [-0.3, -0.25) is 9.59 Å². The molecule has 2 fully saturated rings. The van der Waals surface area contributed by atoms with Crippen molar-refractivity contribution >= 4 is 33.4 Å². The van der Waals surface area contributed by atoms with Gasteiger partial charge in [0.1, 0.15) is 6.10 Å². The Balaban J connectivity index is 1.39. The molecule has 4 rings (SSSR count). The first-order valence-electron chi connectivity index (χ1n) is 10.2. The predicted molar refractivity (Wildman–Crippen MR) is 116 cm³/mol. The van der Waals surface area contributed by atoms with Crippen LogP contribution in [0.1, 0.15) is 30.4 Å². The molecule has 2 aromatic rings. The molecule has 7 nitrogen and oxygen atoms in total. The van der Waals surface area contributed by atoms with Crippen LogP contribution in [-0.4, -0.2) is 52.4 Å². The molecule has 0 saturated carbocycles. The topological polar surface area (TPSA) is 75.6 Å². The predicted octanol–water partition coefficient (Wildman–Crippen LogP) is 3.28. The number of amides is 2. The van der Waals surface area contributed by atoms with Gasteiger partial charge in [0, 0.05) is 37.6 Å². The molecular formula is C22H25BrN4O3. The van der Waals surface area contributed by atoms with E-state index >= 15 is 0 Å². The van der Waals surface area contributed by atoms with E-state index in [-0.39, 0.29) is 30.3 Å². The highest BCUT2D eigenvalue weighted by Gasteiger charge is 2.38. The molecule has 0 bridgehead atoms. The van der Waals surface area contributed by atoms with Crippen molar-refractivity contribution in [1.29, 1.82) is 0 Å². The molecule has 2 atom stereocenters. The Kier molecular flexibility index (Phi) is 6.04. The lowest BCUT2D eigenvalue weighted by molar-refractivity contribution is -0.138. The second-order valence-corrected chi connectivity index (χ2v) is 8.94. The summed E-state index contributed by atoms with van der Waals surface area (Å²) in [4.78, 5) is 37.6. The lowest BCUT2D eigenvalue weighted by Gasteiger charge is -2.33. The fraction of sp³-hybridized carbons (Fsp3) is 0.455. The van der Waals surface area contributed by atoms with Crippen molar-refractivity contribution in [2.24, 2.45) is 5.92 Å². The van der Waals surface area contributed by atoms with Gasteiger partial charge in [0.25, 0.3) is 0 Å². The van der Waals surface area contributed by atoms with Gasteiger partial charge in [-0.1, -0.05) is 6.07 Å². The Bertz CT molecular complexity index is 950. The fourth-order valence-electron chi connectivity index (χ4n) is 4.02. The summed E-state index contributed by atoms with van der Waals surface area (Å²) in [5.41, 5.74) is 3.19. The van der Waals surface area contributed by atoms with E-state index in [0.717, 1.165) is 28.6 Å². The Morgan fingerprint density at radius 1 is 1.17 bits per heavy atom. The molecule has 0 radical (unpaired) electrons. The molecule has 0 N–H and O–H groups in total. The largest absolute Gasteiger partial charge is 0.458 e. The van der Waals surface area contributed by atoms with Gasteiger partial charge in [-0.05, 0) is 65.9 Å². The number of hydrogen-bond donors (Lipinski definition) is 0. The van der Waals surface area contributed by atoms with Crippen LogP contribution in [0.2, 0.25) is 0 Å². The quantitative estimate of drug-likeness (QED) is 0.682. The van der Waals surface area contributed by atoms with E-state index in [0.29, 0.717) is 25.6 Å². The van der Waals surface area contributed by atoms with E-state index in [1.165, 1.54) is 5.56 Å².